The van der Waals surface area contributed by atoms with Gasteiger partial charge in [0, 0.05) is 25.7 Å². The molecule has 3 saturated carbocycles. The maximum atomic E-state index is 11.1. The molecule has 16 heavy (non-hydrogen) atoms. The molecule has 0 saturated heterocycles. The highest BCUT2D eigenvalue weighted by Crippen LogP contribution is 2.70. The molecule has 0 aromatic carbocycles. The molecule has 4 heteroatoms. The van der Waals surface area contributed by atoms with Crippen LogP contribution in [-0.2, 0) is 9.53 Å². The quantitative estimate of drug-likeness (QED) is 0.643. The summed E-state index contributed by atoms with van der Waals surface area (Å²) in [5.74, 6) is 0.231. The normalized spacial score (nSPS) is 58.0. The number of aliphatic hydroxyl groups is 2. The number of carbonyl (C=O) groups is 1. The number of hydrogen-bond donors (Lipinski definition) is 2. The molecule has 0 aliphatic heterocycles. The third-order valence-corrected chi connectivity index (χ3v) is 4.55. The van der Waals surface area contributed by atoms with Crippen LogP contribution in [0.5, 0.6) is 0 Å². The number of rotatable bonds is 1. The topological polar surface area (TPSA) is 66.8 Å². The zero-order valence-corrected chi connectivity index (χ0v) is 9.69. The summed E-state index contributed by atoms with van der Waals surface area (Å²) in [4.78, 5) is 11.1. The molecule has 5 unspecified atom stereocenters. The molecule has 0 heterocycles. The van der Waals surface area contributed by atoms with Gasteiger partial charge in [0.2, 0.25) is 0 Å². The average molecular weight is 226 g/mol. The summed E-state index contributed by atoms with van der Waals surface area (Å²) in [6.45, 7) is 3.11. The van der Waals surface area contributed by atoms with E-state index in [0.29, 0.717) is 18.8 Å². The third-order valence-electron chi connectivity index (χ3n) is 4.55. The predicted octanol–water partition coefficient (Wildman–Crippen LogP) is 0.604. The van der Waals surface area contributed by atoms with Crippen LogP contribution in [0, 0.1) is 11.8 Å². The molecule has 2 N–H and O–H groups in total. The molecule has 0 spiro atoms. The highest BCUT2D eigenvalue weighted by atomic mass is 16.6. The Morgan fingerprint density at radius 1 is 1.31 bits per heavy atom. The SMILES string of the molecule is CC(=O)OC12CC3CC(O)(CC(C)(O)C1)C32. The van der Waals surface area contributed by atoms with Gasteiger partial charge in [0.15, 0.2) is 0 Å². The molecule has 0 aromatic rings. The molecule has 0 amide bonds. The molecule has 3 aliphatic carbocycles. The number of esters is 1. The van der Waals surface area contributed by atoms with Crippen molar-refractivity contribution in [1.82, 2.24) is 0 Å². The van der Waals surface area contributed by atoms with Gasteiger partial charge in [0.1, 0.15) is 5.60 Å². The summed E-state index contributed by atoms with van der Waals surface area (Å²) < 4.78 is 5.42. The van der Waals surface area contributed by atoms with Gasteiger partial charge < -0.3 is 14.9 Å². The van der Waals surface area contributed by atoms with Crippen LogP contribution in [0.1, 0.15) is 39.5 Å². The molecule has 0 radical (unpaired) electrons. The van der Waals surface area contributed by atoms with E-state index in [0.717, 1.165) is 12.8 Å². The van der Waals surface area contributed by atoms with E-state index in [-0.39, 0.29) is 11.9 Å². The fraction of sp³-hybridized carbons (Fsp3) is 0.917. The zero-order valence-electron chi connectivity index (χ0n) is 9.69. The van der Waals surface area contributed by atoms with E-state index in [1.165, 1.54) is 6.92 Å². The second-order valence-corrected chi connectivity index (χ2v) is 6.26. The van der Waals surface area contributed by atoms with Crippen LogP contribution in [0.2, 0.25) is 0 Å². The Morgan fingerprint density at radius 2 is 2.00 bits per heavy atom. The van der Waals surface area contributed by atoms with Gasteiger partial charge in [0.05, 0.1) is 11.2 Å². The van der Waals surface area contributed by atoms with Crippen molar-refractivity contribution in [3.05, 3.63) is 0 Å². The third kappa shape index (κ3) is 1.14. The standard InChI is InChI=1S/C12H18O4/c1-7(13)16-12-4-8-3-11(15,9(8)12)5-10(2,14)6-12/h8-9,14-15H,3-6H2,1-2H3. The molecule has 4 nitrogen and oxygen atoms in total. The highest BCUT2D eigenvalue weighted by Gasteiger charge is 2.76. The Hall–Kier alpha value is -0.610. The van der Waals surface area contributed by atoms with Crippen molar-refractivity contribution >= 4 is 5.97 Å². The van der Waals surface area contributed by atoms with E-state index in [1.54, 1.807) is 6.92 Å². The van der Waals surface area contributed by atoms with Gasteiger partial charge in [-0.25, -0.2) is 0 Å². The van der Waals surface area contributed by atoms with E-state index in [9.17, 15) is 15.0 Å². The Morgan fingerprint density at radius 3 is 2.56 bits per heavy atom. The lowest BCUT2D eigenvalue weighted by Crippen LogP contribution is -2.79. The molecule has 5 atom stereocenters. The summed E-state index contributed by atoms with van der Waals surface area (Å²) in [5.41, 5.74) is -2.32. The average Bonchev–Trinajstić information content (AvgIpc) is 1.93. The fourth-order valence-corrected chi connectivity index (χ4v) is 4.65. The minimum atomic E-state index is -0.925. The van der Waals surface area contributed by atoms with Crippen LogP contribution in [0.25, 0.3) is 0 Å². The van der Waals surface area contributed by atoms with Crippen LogP contribution in [0.15, 0.2) is 0 Å². The monoisotopic (exact) mass is 226 g/mol. The van der Waals surface area contributed by atoms with Gasteiger partial charge in [0.25, 0.3) is 0 Å². The Bertz CT molecular complexity index is 364. The van der Waals surface area contributed by atoms with Gasteiger partial charge >= 0.3 is 5.97 Å². The highest BCUT2D eigenvalue weighted by molar-refractivity contribution is 5.67. The summed E-state index contributed by atoms with van der Waals surface area (Å²) in [6, 6.07) is 0. The first-order valence-corrected chi connectivity index (χ1v) is 5.91. The molecule has 3 fully saturated rings. The molecule has 3 rings (SSSR count). The number of hydrogen-bond acceptors (Lipinski definition) is 4. The van der Waals surface area contributed by atoms with Crippen molar-refractivity contribution in [2.75, 3.05) is 0 Å². The Kier molecular flexibility index (Phi) is 1.72. The van der Waals surface area contributed by atoms with Crippen LogP contribution < -0.4 is 0 Å². The second-order valence-electron chi connectivity index (χ2n) is 6.26. The number of ether oxygens (including phenoxy) is 1. The van der Waals surface area contributed by atoms with E-state index in [4.69, 9.17) is 4.74 Å². The first kappa shape index (κ1) is 10.5. The summed E-state index contributed by atoms with van der Waals surface area (Å²) in [5, 5.41) is 20.6. The minimum Gasteiger partial charge on any atom is -0.459 e. The largest absolute Gasteiger partial charge is 0.459 e. The molecule has 0 bridgehead atoms. The van der Waals surface area contributed by atoms with E-state index >= 15 is 0 Å². The van der Waals surface area contributed by atoms with Gasteiger partial charge in [-0.3, -0.25) is 4.79 Å². The molecule has 3 aliphatic rings. The van der Waals surface area contributed by atoms with Crippen molar-refractivity contribution in [2.45, 2.75) is 56.3 Å². The lowest BCUT2D eigenvalue weighted by atomic mass is 9.37. The summed E-state index contributed by atoms with van der Waals surface area (Å²) >= 11 is 0. The van der Waals surface area contributed by atoms with Crippen LogP contribution >= 0.6 is 0 Å². The van der Waals surface area contributed by atoms with Gasteiger partial charge in [-0.05, 0) is 25.7 Å². The van der Waals surface area contributed by atoms with Gasteiger partial charge in [-0.2, -0.15) is 0 Å². The second kappa shape index (κ2) is 2.62. The first-order chi connectivity index (χ1) is 7.27. The van der Waals surface area contributed by atoms with Crippen molar-refractivity contribution in [3.8, 4) is 0 Å². The number of carbonyl (C=O) groups excluding carboxylic acids is 1. The van der Waals surface area contributed by atoms with E-state index in [2.05, 4.69) is 0 Å². The van der Waals surface area contributed by atoms with Crippen LogP contribution in [-0.4, -0.2) is 33.0 Å². The lowest BCUT2D eigenvalue weighted by molar-refractivity contribution is -0.345. The lowest BCUT2D eigenvalue weighted by Gasteiger charge is -2.72. The van der Waals surface area contributed by atoms with Gasteiger partial charge in [-0.1, -0.05) is 0 Å². The Labute approximate surface area is 94.6 Å². The molecule has 0 aromatic heterocycles. The predicted molar refractivity (Wildman–Crippen MR) is 55.5 cm³/mol. The molecular weight excluding hydrogens is 208 g/mol. The van der Waals surface area contributed by atoms with Crippen LogP contribution in [0.4, 0.5) is 0 Å². The van der Waals surface area contributed by atoms with Crippen molar-refractivity contribution < 1.29 is 19.7 Å². The van der Waals surface area contributed by atoms with Crippen molar-refractivity contribution in [2.24, 2.45) is 11.8 Å². The molecule has 90 valence electrons. The Balaban J connectivity index is 1.91. The zero-order chi connectivity index (χ0) is 11.8. The summed E-state index contributed by atoms with van der Waals surface area (Å²) in [6.07, 6.45) is 2.42. The van der Waals surface area contributed by atoms with Gasteiger partial charge in [-0.15, -0.1) is 0 Å². The maximum Gasteiger partial charge on any atom is 0.303 e. The van der Waals surface area contributed by atoms with Crippen molar-refractivity contribution in [3.63, 3.8) is 0 Å². The smallest absolute Gasteiger partial charge is 0.303 e. The maximum absolute atomic E-state index is 11.1. The van der Waals surface area contributed by atoms with E-state index in [1.807, 2.05) is 0 Å². The van der Waals surface area contributed by atoms with Crippen molar-refractivity contribution in [1.29, 1.82) is 0 Å². The minimum absolute atomic E-state index is 0.0594. The van der Waals surface area contributed by atoms with E-state index < -0.39 is 16.8 Å². The summed E-state index contributed by atoms with van der Waals surface area (Å²) in [7, 11) is 0. The van der Waals surface area contributed by atoms with Crippen LogP contribution in [0.3, 0.4) is 0 Å². The molecular formula is C12H18O4. The fourth-order valence-electron chi connectivity index (χ4n) is 4.65. The first-order valence-electron chi connectivity index (χ1n) is 5.91.